The van der Waals surface area contributed by atoms with Crippen LogP contribution >= 0.6 is 0 Å². The SMILES string of the molecule is Cc1cc(=O)c(C(=O)N[C@@H]2COCC[C@H]2Oc2ccc(CO)cc2)c[nH]1. The van der Waals surface area contributed by atoms with Crippen molar-refractivity contribution >= 4 is 5.91 Å². The molecule has 26 heavy (non-hydrogen) atoms. The second-order valence-electron chi connectivity index (χ2n) is 6.30. The zero-order chi connectivity index (χ0) is 18.5. The highest BCUT2D eigenvalue weighted by molar-refractivity contribution is 5.94. The average Bonchev–Trinajstić information content (AvgIpc) is 2.64. The lowest BCUT2D eigenvalue weighted by Crippen LogP contribution is -2.52. The first-order valence-corrected chi connectivity index (χ1v) is 8.51. The standard InChI is InChI=1S/C19H22N2O5/c1-12-8-17(23)15(9-20-12)19(24)21-16-11-25-7-6-18(16)26-14-4-2-13(10-22)3-5-14/h2-5,8-9,16,18,22H,6-7,10-11H2,1H3,(H,20,23)(H,21,24)/t16-,18-/m1/s1. The van der Waals surface area contributed by atoms with Crippen molar-refractivity contribution in [2.24, 2.45) is 0 Å². The molecule has 1 fully saturated rings. The normalized spacial score (nSPS) is 19.8. The molecule has 1 saturated heterocycles. The van der Waals surface area contributed by atoms with Crippen LogP contribution in [0, 0.1) is 6.92 Å². The molecule has 2 heterocycles. The van der Waals surface area contributed by atoms with E-state index >= 15 is 0 Å². The summed E-state index contributed by atoms with van der Waals surface area (Å²) in [6, 6.07) is 8.16. The largest absolute Gasteiger partial charge is 0.488 e. The molecule has 0 aliphatic carbocycles. The molecule has 1 amide bonds. The Hall–Kier alpha value is -2.64. The van der Waals surface area contributed by atoms with Crippen molar-refractivity contribution < 1.29 is 19.4 Å². The van der Waals surface area contributed by atoms with Crippen LogP contribution < -0.4 is 15.5 Å². The highest BCUT2D eigenvalue weighted by Crippen LogP contribution is 2.19. The Morgan fingerprint density at radius 3 is 2.85 bits per heavy atom. The molecule has 7 heteroatoms. The number of aromatic nitrogens is 1. The highest BCUT2D eigenvalue weighted by atomic mass is 16.5. The molecule has 0 spiro atoms. The number of benzene rings is 1. The number of carbonyl (C=O) groups is 1. The first-order chi connectivity index (χ1) is 12.6. The third-order valence-corrected chi connectivity index (χ3v) is 4.30. The maximum Gasteiger partial charge on any atom is 0.257 e. The van der Waals surface area contributed by atoms with Crippen LogP contribution in [0.15, 0.2) is 41.3 Å². The van der Waals surface area contributed by atoms with E-state index in [0.717, 1.165) is 5.56 Å². The van der Waals surface area contributed by atoms with Crippen molar-refractivity contribution in [1.29, 1.82) is 0 Å². The summed E-state index contributed by atoms with van der Waals surface area (Å²) in [7, 11) is 0. The number of carbonyl (C=O) groups excluding carboxylic acids is 1. The Kier molecular flexibility index (Phi) is 5.70. The second-order valence-corrected chi connectivity index (χ2v) is 6.30. The van der Waals surface area contributed by atoms with Crippen LogP contribution in [0.2, 0.25) is 0 Å². The number of aliphatic hydroxyl groups is 1. The van der Waals surface area contributed by atoms with Crippen LogP contribution in [-0.4, -0.2) is 41.4 Å². The summed E-state index contributed by atoms with van der Waals surface area (Å²) < 4.78 is 11.5. The van der Waals surface area contributed by atoms with Crippen LogP contribution in [0.5, 0.6) is 5.75 Å². The summed E-state index contributed by atoms with van der Waals surface area (Å²) in [6.45, 7) is 2.58. The fraction of sp³-hybridized carbons (Fsp3) is 0.368. The van der Waals surface area contributed by atoms with Crippen LogP contribution in [0.3, 0.4) is 0 Å². The third-order valence-electron chi connectivity index (χ3n) is 4.30. The summed E-state index contributed by atoms with van der Waals surface area (Å²) in [5, 5.41) is 11.9. The molecular formula is C19H22N2O5. The molecule has 2 atom stereocenters. The fourth-order valence-electron chi connectivity index (χ4n) is 2.84. The molecule has 3 rings (SSSR count). The first kappa shape index (κ1) is 18.2. The molecule has 3 N–H and O–H groups in total. The summed E-state index contributed by atoms with van der Waals surface area (Å²) >= 11 is 0. The van der Waals surface area contributed by atoms with Gasteiger partial charge in [0.25, 0.3) is 5.91 Å². The molecule has 1 aliphatic heterocycles. The van der Waals surface area contributed by atoms with Crippen molar-refractivity contribution in [3.63, 3.8) is 0 Å². The number of hydrogen-bond acceptors (Lipinski definition) is 5. The van der Waals surface area contributed by atoms with E-state index < -0.39 is 5.91 Å². The van der Waals surface area contributed by atoms with Gasteiger partial charge in [-0.05, 0) is 24.6 Å². The molecule has 0 radical (unpaired) electrons. The summed E-state index contributed by atoms with van der Waals surface area (Å²) in [6.07, 6.45) is 1.77. The van der Waals surface area contributed by atoms with Gasteiger partial charge in [0.15, 0.2) is 5.43 Å². The van der Waals surface area contributed by atoms with Gasteiger partial charge in [-0.25, -0.2) is 0 Å². The Morgan fingerprint density at radius 2 is 2.15 bits per heavy atom. The first-order valence-electron chi connectivity index (χ1n) is 8.51. The number of H-pyrrole nitrogens is 1. The van der Waals surface area contributed by atoms with E-state index in [4.69, 9.17) is 14.6 Å². The topological polar surface area (TPSA) is 101 Å². The minimum Gasteiger partial charge on any atom is -0.488 e. The lowest BCUT2D eigenvalue weighted by Gasteiger charge is -2.32. The van der Waals surface area contributed by atoms with Crippen molar-refractivity contribution in [3.05, 3.63) is 63.6 Å². The number of aromatic amines is 1. The Labute approximate surface area is 151 Å². The smallest absolute Gasteiger partial charge is 0.257 e. The maximum absolute atomic E-state index is 12.5. The van der Waals surface area contributed by atoms with Gasteiger partial charge in [0.1, 0.15) is 17.4 Å². The van der Waals surface area contributed by atoms with Crippen molar-refractivity contribution in [2.75, 3.05) is 13.2 Å². The summed E-state index contributed by atoms with van der Waals surface area (Å²) in [5.41, 5.74) is 1.23. The van der Waals surface area contributed by atoms with E-state index in [-0.39, 0.29) is 29.7 Å². The van der Waals surface area contributed by atoms with Crippen LogP contribution in [-0.2, 0) is 11.3 Å². The van der Waals surface area contributed by atoms with Crippen LogP contribution in [0.25, 0.3) is 0 Å². The van der Waals surface area contributed by atoms with E-state index in [2.05, 4.69) is 10.3 Å². The van der Waals surface area contributed by atoms with Crippen molar-refractivity contribution in [2.45, 2.75) is 32.1 Å². The number of ether oxygens (including phenoxy) is 2. The predicted molar refractivity (Wildman–Crippen MR) is 95.3 cm³/mol. The molecular weight excluding hydrogens is 336 g/mol. The monoisotopic (exact) mass is 358 g/mol. The van der Waals surface area contributed by atoms with Crippen molar-refractivity contribution in [1.82, 2.24) is 10.3 Å². The molecule has 1 aromatic heterocycles. The van der Waals surface area contributed by atoms with Crippen LogP contribution in [0.1, 0.15) is 28.0 Å². The average molecular weight is 358 g/mol. The number of pyridine rings is 1. The predicted octanol–water partition coefficient (Wildman–Crippen LogP) is 1.14. The Balaban J connectivity index is 1.69. The fourth-order valence-corrected chi connectivity index (χ4v) is 2.84. The zero-order valence-electron chi connectivity index (χ0n) is 14.5. The second kappa shape index (κ2) is 8.16. The van der Waals surface area contributed by atoms with Gasteiger partial charge in [-0.15, -0.1) is 0 Å². The lowest BCUT2D eigenvalue weighted by molar-refractivity contribution is -0.00291. The number of nitrogens with one attached hydrogen (secondary N) is 2. The van der Waals surface area contributed by atoms with E-state index in [1.54, 1.807) is 31.2 Å². The minimum atomic E-state index is -0.453. The van der Waals surface area contributed by atoms with E-state index in [1.165, 1.54) is 12.3 Å². The van der Waals surface area contributed by atoms with Gasteiger partial charge < -0.3 is 24.9 Å². The van der Waals surface area contributed by atoms with Gasteiger partial charge in [0.05, 0.1) is 25.9 Å². The van der Waals surface area contributed by atoms with Gasteiger partial charge in [0.2, 0.25) is 0 Å². The van der Waals surface area contributed by atoms with Gasteiger partial charge >= 0.3 is 0 Å². The van der Waals surface area contributed by atoms with E-state index in [1.807, 2.05) is 0 Å². The molecule has 2 aromatic rings. The van der Waals surface area contributed by atoms with E-state index in [9.17, 15) is 9.59 Å². The third kappa shape index (κ3) is 4.30. The van der Waals surface area contributed by atoms with Crippen LogP contribution in [0.4, 0.5) is 0 Å². The molecule has 138 valence electrons. The quantitative estimate of drug-likeness (QED) is 0.744. The highest BCUT2D eigenvalue weighted by Gasteiger charge is 2.29. The van der Waals surface area contributed by atoms with Gasteiger partial charge in [-0.3, -0.25) is 9.59 Å². The molecule has 0 unspecified atom stereocenters. The summed E-state index contributed by atoms with van der Waals surface area (Å²) in [5.74, 6) is 0.201. The Bertz CT molecular complexity index is 815. The van der Waals surface area contributed by atoms with Gasteiger partial charge in [-0.2, -0.15) is 0 Å². The molecule has 0 bridgehead atoms. The van der Waals surface area contributed by atoms with E-state index in [0.29, 0.717) is 31.1 Å². The number of hydrogen-bond donors (Lipinski definition) is 3. The Morgan fingerprint density at radius 1 is 1.38 bits per heavy atom. The van der Waals surface area contributed by atoms with Gasteiger partial charge in [-0.1, -0.05) is 12.1 Å². The minimum absolute atomic E-state index is 0.0265. The number of rotatable bonds is 5. The van der Waals surface area contributed by atoms with Gasteiger partial charge in [0, 0.05) is 24.4 Å². The number of aryl methyl sites for hydroxylation is 1. The number of amides is 1. The van der Waals surface area contributed by atoms with Crippen molar-refractivity contribution in [3.8, 4) is 5.75 Å². The number of aliphatic hydroxyl groups excluding tert-OH is 1. The zero-order valence-corrected chi connectivity index (χ0v) is 14.5. The molecule has 0 saturated carbocycles. The molecule has 1 aliphatic rings. The molecule has 1 aromatic carbocycles. The summed E-state index contributed by atoms with van der Waals surface area (Å²) in [4.78, 5) is 27.3. The lowest BCUT2D eigenvalue weighted by atomic mass is 10.1. The maximum atomic E-state index is 12.5. The molecule has 7 nitrogen and oxygen atoms in total.